The summed E-state index contributed by atoms with van der Waals surface area (Å²) in [5, 5.41) is 0. The lowest BCUT2D eigenvalue weighted by Gasteiger charge is -2.56. The largest absolute Gasteiger partial charge is 0.466 e. The fraction of sp³-hybridized carbons (Fsp3) is 0.948. The van der Waals surface area contributed by atoms with Crippen LogP contribution in [0.1, 0.15) is 272 Å². The number of carbonyl (C=O) groups excluding carboxylic acids is 3. The molecule has 4 bridgehead atoms. The van der Waals surface area contributed by atoms with Gasteiger partial charge in [-0.2, -0.15) is 0 Å². The molecule has 0 heterocycles. The molecule has 4 aliphatic rings. The molecule has 9 heteroatoms. The molecule has 0 saturated heterocycles. The van der Waals surface area contributed by atoms with Crippen LogP contribution in [0.3, 0.4) is 0 Å². The third-order valence-electron chi connectivity index (χ3n) is 16.1. The Morgan fingerprint density at radius 3 is 1.30 bits per heavy atom. The van der Waals surface area contributed by atoms with Gasteiger partial charge >= 0.3 is 17.9 Å². The maximum Gasteiger partial charge on any atom is 0.305 e. The van der Waals surface area contributed by atoms with Gasteiger partial charge in [0.05, 0.1) is 26.2 Å². The molecular weight excluding hydrogens is 839 g/mol. The summed E-state index contributed by atoms with van der Waals surface area (Å²) >= 11 is 0. The van der Waals surface area contributed by atoms with E-state index >= 15 is 0 Å². The van der Waals surface area contributed by atoms with Crippen molar-refractivity contribution in [2.75, 3.05) is 52.7 Å². The van der Waals surface area contributed by atoms with Gasteiger partial charge in [0.1, 0.15) is 0 Å². The van der Waals surface area contributed by atoms with E-state index in [0.717, 1.165) is 90.3 Å². The zero-order chi connectivity index (χ0) is 48.3. The molecule has 4 saturated carbocycles. The van der Waals surface area contributed by atoms with Gasteiger partial charge in [0, 0.05) is 32.5 Å². The quantitative estimate of drug-likeness (QED) is 0.0256. The van der Waals surface area contributed by atoms with Gasteiger partial charge in [-0.05, 0) is 151 Å². The van der Waals surface area contributed by atoms with Crippen molar-refractivity contribution in [2.24, 2.45) is 22.2 Å². The molecule has 0 amide bonds. The summed E-state index contributed by atoms with van der Waals surface area (Å²) in [4.78, 5) is 40.9. The van der Waals surface area contributed by atoms with Crippen molar-refractivity contribution in [3.8, 4) is 0 Å². The maximum absolute atomic E-state index is 13.2. The molecule has 0 N–H and O–H groups in total. The molecule has 0 aliphatic heterocycles. The third kappa shape index (κ3) is 25.8. The second-order valence-electron chi connectivity index (χ2n) is 22.1. The van der Waals surface area contributed by atoms with Gasteiger partial charge in [-0.25, -0.2) is 0 Å². The molecule has 67 heavy (non-hydrogen) atoms. The highest BCUT2D eigenvalue weighted by Crippen LogP contribution is 2.69. The van der Waals surface area contributed by atoms with Crippen LogP contribution in [0.15, 0.2) is 0 Å². The van der Waals surface area contributed by atoms with Gasteiger partial charge in [0.15, 0.2) is 6.29 Å². The molecule has 9 nitrogen and oxygen atoms in total. The van der Waals surface area contributed by atoms with Crippen LogP contribution in [-0.4, -0.2) is 81.8 Å². The highest BCUT2D eigenvalue weighted by atomic mass is 16.7. The Morgan fingerprint density at radius 1 is 0.448 bits per heavy atom. The van der Waals surface area contributed by atoms with Gasteiger partial charge in [0.2, 0.25) is 0 Å². The zero-order valence-electron chi connectivity index (χ0n) is 44.7. The number of hydrogen-bond donors (Lipinski definition) is 0. The molecule has 4 unspecified atom stereocenters. The molecule has 392 valence electrons. The van der Waals surface area contributed by atoms with Crippen molar-refractivity contribution < 1.29 is 38.1 Å². The van der Waals surface area contributed by atoms with Gasteiger partial charge in [-0.15, -0.1) is 0 Å². The first-order valence-electron chi connectivity index (χ1n) is 29.1. The van der Waals surface area contributed by atoms with E-state index in [0.29, 0.717) is 64.6 Å². The van der Waals surface area contributed by atoms with Crippen LogP contribution in [0.4, 0.5) is 0 Å². The molecule has 0 aromatic rings. The molecule has 0 aromatic heterocycles. The molecule has 4 fully saturated rings. The summed E-state index contributed by atoms with van der Waals surface area (Å²) in [6, 6.07) is 0. The normalized spacial score (nSPS) is 22.2. The summed E-state index contributed by atoms with van der Waals surface area (Å²) in [7, 11) is 0. The maximum atomic E-state index is 13.2. The summed E-state index contributed by atoms with van der Waals surface area (Å²) in [5.41, 5.74) is 0.787. The number of esters is 3. The second kappa shape index (κ2) is 36.2. The Labute approximate surface area is 412 Å². The lowest BCUT2D eigenvalue weighted by atomic mass is 9.49. The topological polar surface area (TPSA) is 101 Å². The predicted octanol–water partition coefficient (Wildman–Crippen LogP) is 15.4. The van der Waals surface area contributed by atoms with E-state index in [9.17, 15) is 14.4 Å². The van der Waals surface area contributed by atoms with Crippen LogP contribution in [0.2, 0.25) is 0 Å². The monoisotopic (exact) mass is 946 g/mol. The average molecular weight is 946 g/mol. The van der Waals surface area contributed by atoms with Crippen molar-refractivity contribution in [3.05, 3.63) is 0 Å². The first-order chi connectivity index (χ1) is 32.6. The van der Waals surface area contributed by atoms with E-state index in [1.165, 1.54) is 141 Å². The molecule has 0 aromatic carbocycles. The SMILES string of the molecule is CCCCCCCCCC(=O)OCCCC12CCC3(CCCOC(=O)CCCN(CC)CC)CC(C1)CC(CCCOC(=O)CCC(OCCCCCCCC)OCCCCCCCC)(C2)C3. The highest BCUT2D eigenvalue weighted by Gasteiger charge is 2.58. The van der Waals surface area contributed by atoms with Gasteiger partial charge in [-0.1, -0.05) is 137 Å². The summed E-state index contributed by atoms with van der Waals surface area (Å²) in [6.07, 6.45) is 40.3. The first-order valence-corrected chi connectivity index (χ1v) is 29.1. The fourth-order valence-corrected chi connectivity index (χ4v) is 12.8. The van der Waals surface area contributed by atoms with Crippen LogP contribution in [-0.2, 0) is 38.1 Å². The van der Waals surface area contributed by atoms with Crippen molar-refractivity contribution in [1.82, 2.24) is 4.90 Å². The van der Waals surface area contributed by atoms with Crippen molar-refractivity contribution in [3.63, 3.8) is 0 Å². The highest BCUT2D eigenvalue weighted by molar-refractivity contribution is 5.69. The minimum absolute atomic E-state index is 0.0258. The molecule has 0 spiro atoms. The number of rotatable bonds is 45. The predicted molar refractivity (Wildman–Crippen MR) is 275 cm³/mol. The minimum atomic E-state index is -0.350. The molecule has 4 atom stereocenters. The summed E-state index contributed by atoms with van der Waals surface area (Å²) < 4.78 is 30.0. The van der Waals surface area contributed by atoms with E-state index in [1.807, 2.05) is 0 Å². The average Bonchev–Trinajstić information content (AvgIpc) is 3.49. The third-order valence-corrected chi connectivity index (χ3v) is 16.1. The number of carbonyl (C=O) groups is 3. The number of ether oxygens (including phenoxy) is 5. The summed E-state index contributed by atoms with van der Waals surface area (Å²) in [5.74, 6) is 0.470. The Morgan fingerprint density at radius 2 is 0.836 bits per heavy atom. The van der Waals surface area contributed by atoms with Gasteiger partial charge in [-0.3, -0.25) is 14.4 Å². The van der Waals surface area contributed by atoms with Gasteiger partial charge in [0.25, 0.3) is 0 Å². The van der Waals surface area contributed by atoms with Crippen LogP contribution < -0.4 is 0 Å². The van der Waals surface area contributed by atoms with E-state index in [1.54, 1.807) is 0 Å². The Hall–Kier alpha value is -1.71. The Bertz CT molecular complexity index is 1260. The van der Waals surface area contributed by atoms with Crippen LogP contribution in [0.5, 0.6) is 0 Å². The van der Waals surface area contributed by atoms with Crippen molar-refractivity contribution in [2.45, 2.75) is 278 Å². The smallest absolute Gasteiger partial charge is 0.305 e. The first kappa shape index (κ1) is 59.6. The number of nitrogens with zero attached hydrogens (tertiary/aromatic N) is 1. The van der Waals surface area contributed by atoms with E-state index in [4.69, 9.17) is 23.7 Å². The number of unbranched alkanes of at least 4 members (excludes halogenated alkanes) is 16. The van der Waals surface area contributed by atoms with E-state index in [2.05, 4.69) is 39.5 Å². The standard InChI is InChI=1S/C58H107NO8/c1-6-11-14-17-20-21-24-31-52(60)63-43-28-35-56-38-39-57(36-29-44-64-53(61)32-27-40-59(9-4)10-5)47-51(46-56)48-58(49-56,50-57)37-30-45-65-54(62)33-34-55(66-41-25-22-18-15-12-7-2)67-42-26-23-19-16-13-8-3/h51,55H,6-50H2,1-5H3. The molecule has 0 radical (unpaired) electrons. The van der Waals surface area contributed by atoms with Crippen molar-refractivity contribution in [1.29, 1.82) is 0 Å². The molecule has 4 rings (SSSR count). The summed E-state index contributed by atoms with van der Waals surface area (Å²) in [6.45, 7) is 16.9. The fourth-order valence-electron chi connectivity index (χ4n) is 12.8. The Balaban J connectivity index is 1.53. The number of hydrogen-bond acceptors (Lipinski definition) is 9. The van der Waals surface area contributed by atoms with E-state index in [-0.39, 0.29) is 40.4 Å². The second-order valence-corrected chi connectivity index (χ2v) is 22.1. The van der Waals surface area contributed by atoms with Crippen LogP contribution in [0, 0.1) is 22.2 Å². The van der Waals surface area contributed by atoms with Crippen LogP contribution in [0.25, 0.3) is 0 Å². The molecule has 4 aliphatic carbocycles. The minimum Gasteiger partial charge on any atom is -0.466 e. The number of fused-ring (bicyclic) bond motifs is 1. The molecular formula is C58H107NO8. The lowest BCUT2D eigenvalue weighted by molar-refractivity contribution is -0.159. The lowest BCUT2D eigenvalue weighted by Crippen LogP contribution is -2.45. The zero-order valence-corrected chi connectivity index (χ0v) is 44.7. The Kier molecular flexibility index (Phi) is 32.2. The van der Waals surface area contributed by atoms with Crippen LogP contribution >= 0.6 is 0 Å². The van der Waals surface area contributed by atoms with Gasteiger partial charge < -0.3 is 28.6 Å². The van der Waals surface area contributed by atoms with Crippen molar-refractivity contribution >= 4 is 17.9 Å². The van der Waals surface area contributed by atoms with E-state index < -0.39 is 0 Å².